The van der Waals surface area contributed by atoms with Gasteiger partial charge in [-0.3, -0.25) is 4.79 Å². The number of rotatable bonds is 4. The normalized spacial score (nSPS) is 21.4. The van der Waals surface area contributed by atoms with Gasteiger partial charge in [0.15, 0.2) is 0 Å². The number of fused-ring (bicyclic) bond motifs is 1. The Morgan fingerprint density at radius 1 is 1.31 bits per heavy atom. The van der Waals surface area contributed by atoms with Crippen LogP contribution in [0.25, 0.3) is 0 Å². The molecule has 7 nitrogen and oxygen atoms in total. The summed E-state index contributed by atoms with van der Waals surface area (Å²) in [6, 6.07) is 3.57. The van der Waals surface area contributed by atoms with Crippen LogP contribution in [-0.4, -0.2) is 56.4 Å². The fourth-order valence-corrected chi connectivity index (χ4v) is 3.83. The number of carbonyl (C=O) groups excluding carboxylic acids is 1. The molecule has 26 heavy (non-hydrogen) atoms. The fourth-order valence-electron chi connectivity index (χ4n) is 3.83. The molecule has 0 radical (unpaired) electrons. The molecule has 8 heteroatoms. The molecule has 3 N–H and O–H groups in total. The second-order valence-electron chi connectivity index (χ2n) is 6.66. The number of hydrogen-bond acceptors (Lipinski definition) is 6. The van der Waals surface area contributed by atoms with E-state index in [1.54, 1.807) is 31.3 Å². The summed E-state index contributed by atoms with van der Waals surface area (Å²) >= 11 is 0. The Balaban J connectivity index is 0.00000243. The maximum atomic E-state index is 13.2. The van der Waals surface area contributed by atoms with E-state index in [-0.39, 0.29) is 31.4 Å². The minimum atomic E-state index is -0.826. The van der Waals surface area contributed by atoms with E-state index in [2.05, 4.69) is 0 Å². The summed E-state index contributed by atoms with van der Waals surface area (Å²) in [5, 5.41) is 10.7. The molecule has 0 aromatic heterocycles. The van der Waals surface area contributed by atoms with Crippen LogP contribution >= 0.6 is 12.4 Å². The molecule has 0 saturated carbocycles. The smallest absolute Gasteiger partial charge is 0.230 e. The van der Waals surface area contributed by atoms with Gasteiger partial charge in [0.05, 0.1) is 26.2 Å². The van der Waals surface area contributed by atoms with Crippen LogP contribution in [0.5, 0.6) is 11.5 Å². The maximum Gasteiger partial charge on any atom is 0.230 e. The number of hydrogen-bond donors (Lipinski definition) is 2. The highest BCUT2D eigenvalue weighted by atomic mass is 35.5. The SMILES string of the molecule is COc1ccc(OC)c2c1CN(C(=O)C1(CN)CCOCC1)CC2O.Cl. The van der Waals surface area contributed by atoms with Gasteiger partial charge in [0.2, 0.25) is 5.91 Å². The molecule has 0 spiro atoms. The second kappa shape index (κ2) is 8.43. The largest absolute Gasteiger partial charge is 0.496 e. The highest BCUT2D eigenvalue weighted by molar-refractivity contribution is 5.85. The van der Waals surface area contributed by atoms with Crippen LogP contribution < -0.4 is 15.2 Å². The molecule has 2 aliphatic rings. The molecular formula is C18H27ClN2O5. The summed E-state index contributed by atoms with van der Waals surface area (Å²) in [5.41, 5.74) is 6.84. The highest BCUT2D eigenvalue weighted by Gasteiger charge is 2.43. The quantitative estimate of drug-likeness (QED) is 0.809. The van der Waals surface area contributed by atoms with Gasteiger partial charge in [-0.15, -0.1) is 12.4 Å². The fraction of sp³-hybridized carbons (Fsp3) is 0.611. The molecule has 1 aromatic carbocycles. The minimum Gasteiger partial charge on any atom is -0.496 e. The van der Waals surface area contributed by atoms with Gasteiger partial charge >= 0.3 is 0 Å². The number of methoxy groups -OCH3 is 2. The number of carbonyl (C=O) groups is 1. The third-order valence-corrected chi connectivity index (χ3v) is 5.37. The molecule has 0 bridgehead atoms. The Hall–Kier alpha value is -1.54. The standard InChI is InChI=1S/C18H26N2O5.ClH/c1-23-14-3-4-15(24-2)16-12(14)9-20(10-13(16)21)17(22)18(11-19)5-7-25-8-6-18;/h3-4,13,21H,5-11,19H2,1-2H3;1H. The number of benzene rings is 1. The third-order valence-electron chi connectivity index (χ3n) is 5.37. The van der Waals surface area contributed by atoms with Gasteiger partial charge in [0, 0.05) is 37.4 Å². The van der Waals surface area contributed by atoms with Gasteiger partial charge in [-0.25, -0.2) is 0 Å². The van der Waals surface area contributed by atoms with Crippen molar-refractivity contribution in [1.82, 2.24) is 4.90 Å². The zero-order chi connectivity index (χ0) is 18.0. The highest BCUT2D eigenvalue weighted by Crippen LogP contribution is 2.41. The van der Waals surface area contributed by atoms with Gasteiger partial charge in [-0.2, -0.15) is 0 Å². The van der Waals surface area contributed by atoms with Crippen molar-refractivity contribution in [1.29, 1.82) is 0 Å². The molecule has 1 unspecified atom stereocenters. The van der Waals surface area contributed by atoms with Crippen molar-refractivity contribution in [3.05, 3.63) is 23.3 Å². The monoisotopic (exact) mass is 386 g/mol. The molecule has 2 heterocycles. The van der Waals surface area contributed by atoms with E-state index in [0.717, 1.165) is 5.56 Å². The van der Waals surface area contributed by atoms with Crippen LogP contribution in [0.2, 0.25) is 0 Å². The first-order valence-corrected chi connectivity index (χ1v) is 8.55. The summed E-state index contributed by atoms with van der Waals surface area (Å²) in [7, 11) is 3.15. The first-order chi connectivity index (χ1) is 12.1. The van der Waals surface area contributed by atoms with Crippen LogP contribution in [0.3, 0.4) is 0 Å². The lowest BCUT2D eigenvalue weighted by atomic mass is 9.78. The lowest BCUT2D eigenvalue weighted by molar-refractivity contribution is -0.150. The van der Waals surface area contributed by atoms with Crippen LogP contribution in [0.4, 0.5) is 0 Å². The summed E-state index contributed by atoms with van der Waals surface area (Å²) in [5.74, 6) is 1.23. The first kappa shape index (κ1) is 20.8. The number of halogens is 1. The van der Waals surface area contributed by atoms with Gasteiger partial charge in [-0.1, -0.05) is 0 Å². The minimum absolute atomic E-state index is 0. The predicted molar refractivity (Wildman–Crippen MR) is 98.7 cm³/mol. The predicted octanol–water partition coefficient (Wildman–Crippen LogP) is 1.26. The lowest BCUT2D eigenvalue weighted by Gasteiger charge is -2.42. The Bertz CT molecular complexity index is 649. The summed E-state index contributed by atoms with van der Waals surface area (Å²) < 4.78 is 16.2. The van der Waals surface area contributed by atoms with Crippen LogP contribution in [-0.2, 0) is 16.1 Å². The van der Waals surface area contributed by atoms with E-state index in [4.69, 9.17) is 19.9 Å². The Morgan fingerprint density at radius 2 is 1.92 bits per heavy atom. The van der Waals surface area contributed by atoms with Crippen LogP contribution in [0.15, 0.2) is 12.1 Å². The number of aliphatic hydroxyl groups is 1. The molecule has 1 aromatic rings. The van der Waals surface area contributed by atoms with Crippen molar-refractivity contribution in [2.75, 3.05) is 40.5 Å². The molecular weight excluding hydrogens is 360 g/mol. The average Bonchev–Trinajstić information content (AvgIpc) is 2.66. The zero-order valence-corrected chi connectivity index (χ0v) is 16.0. The molecule has 1 saturated heterocycles. The van der Waals surface area contributed by atoms with Crippen LogP contribution in [0, 0.1) is 5.41 Å². The Morgan fingerprint density at radius 3 is 2.50 bits per heavy atom. The zero-order valence-electron chi connectivity index (χ0n) is 15.2. The molecule has 0 aliphatic carbocycles. The summed E-state index contributed by atoms with van der Waals surface area (Å²) in [6.45, 7) is 1.94. The van der Waals surface area contributed by atoms with E-state index in [1.165, 1.54) is 0 Å². The topological polar surface area (TPSA) is 94.3 Å². The summed E-state index contributed by atoms with van der Waals surface area (Å²) in [6.07, 6.45) is 0.390. The van der Waals surface area contributed by atoms with Crippen molar-refractivity contribution in [3.8, 4) is 11.5 Å². The van der Waals surface area contributed by atoms with E-state index >= 15 is 0 Å². The third kappa shape index (κ3) is 3.49. The average molecular weight is 387 g/mol. The van der Waals surface area contributed by atoms with Gasteiger partial charge in [0.1, 0.15) is 17.6 Å². The van der Waals surface area contributed by atoms with Crippen molar-refractivity contribution >= 4 is 18.3 Å². The van der Waals surface area contributed by atoms with E-state index in [0.29, 0.717) is 49.7 Å². The van der Waals surface area contributed by atoms with E-state index < -0.39 is 11.5 Å². The summed E-state index contributed by atoms with van der Waals surface area (Å²) in [4.78, 5) is 14.9. The van der Waals surface area contributed by atoms with Crippen molar-refractivity contribution in [3.63, 3.8) is 0 Å². The van der Waals surface area contributed by atoms with Crippen molar-refractivity contribution < 1.29 is 24.1 Å². The molecule has 146 valence electrons. The second-order valence-corrected chi connectivity index (χ2v) is 6.66. The van der Waals surface area contributed by atoms with E-state index in [1.807, 2.05) is 0 Å². The van der Waals surface area contributed by atoms with Crippen LogP contribution in [0.1, 0.15) is 30.1 Å². The van der Waals surface area contributed by atoms with Crippen molar-refractivity contribution in [2.45, 2.75) is 25.5 Å². The van der Waals surface area contributed by atoms with Crippen molar-refractivity contribution in [2.24, 2.45) is 11.1 Å². The van der Waals surface area contributed by atoms with E-state index in [9.17, 15) is 9.90 Å². The number of nitrogens with two attached hydrogens (primary N) is 1. The number of ether oxygens (including phenoxy) is 3. The molecule has 1 amide bonds. The number of nitrogens with zero attached hydrogens (tertiary/aromatic N) is 1. The Kier molecular flexibility index (Phi) is 6.74. The Labute approximate surface area is 159 Å². The van der Waals surface area contributed by atoms with Gasteiger partial charge in [-0.05, 0) is 25.0 Å². The number of aliphatic hydroxyl groups excluding tert-OH is 1. The first-order valence-electron chi connectivity index (χ1n) is 8.55. The number of β-amino-alcohol motifs (C(OH)–C–C–N with tert-alkyl or cyclic N) is 1. The van der Waals surface area contributed by atoms with Gasteiger partial charge in [0.25, 0.3) is 0 Å². The molecule has 2 aliphatic heterocycles. The molecule has 1 fully saturated rings. The maximum absolute atomic E-state index is 13.2. The number of amides is 1. The molecule has 1 atom stereocenters. The lowest BCUT2D eigenvalue weighted by Crippen LogP contribution is -2.52. The molecule has 3 rings (SSSR count). The van der Waals surface area contributed by atoms with Gasteiger partial charge < -0.3 is 30.0 Å².